The molecule has 0 aromatic carbocycles. The summed E-state index contributed by atoms with van der Waals surface area (Å²) in [5.41, 5.74) is 0. The Hall–Kier alpha value is 0.310. The van der Waals surface area contributed by atoms with Crippen molar-refractivity contribution in [2.45, 2.75) is 45.1 Å². The van der Waals surface area contributed by atoms with Gasteiger partial charge in [0.15, 0.2) is 0 Å². The summed E-state index contributed by atoms with van der Waals surface area (Å²) < 4.78 is 0. The van der Waals surface area contributed by atoms with Gasteiger partial charge in [-0.2, -0.15) is 12.6 Å². The lowest BCUT2D eigenvalue weighted by Gasteiger charge is -2.06. The molecule has 0 spiro atoms. The van der Waals surface area contributed by atoms with Gasteiger partial charge in [-0.3, -0.25) is 0 Å². The Morgan fingerprint density at radius 2 is 2.00 bits per heavy atom. The Labute approximate surface area is 69.2 Å². The molecule has 0 saturated heterocycles. The highest BCUT2D eigenvalue weighted by Gasteiger charge is 2.00. The Morgan fingerprint density at radius 1 is 1.30 bits per heavy atom. The molecule has 10 heavy (non-hydrogen) atoms. The lowest BCUT2D eigenvalue weighted by molar-refractivity contribution is 0.151. The van der Waals surface area contributed by atoms with E-state index in [9.17, 15) is 5.11 Å². The second-order valence-corrected chi connectivity index (χ2v) is 3.11. The van der Waals surface area contributed by atoms with Gasteiger partial charge in [0, 0.05) is 0 Å². The first-order valence-electron chi connectivity index (χ1n) is 4.10. The van der Waals surface area contributed by atoms with Crippen LogP contribution in [0.3, 0.4) is 0 Å². The molecule has 0 amide bonds. The fourth-order valence-electron chi connectivity index (χ4n) is 0.969. The van der Waals surface area contributed by atoms with Crippen LogP contribution in [0.15, 0.2) is 0 Å². The van der Waals surface area contributed by atoms with E-state index in [1.54, 1.807) is 0 Å². The molecule has 0 saturated carbocycles. The second-order valence-electron chi connectivity index (χ2n) is 2.66. The van der Waals surface area contributed by atoms with E-state index in [1.165, 1.54) is 0 Å². The van der Waals surface area contributed by atoms with Crippen molar-refractivity contribution in [2.75, 3.05) is 5.75 Å². The molecule has 0 bridgehead atoms. The maximum absolute atomic E-state index is 9.25. The molecule has 1 N–H and O–H groups in total. The van der Waals surface area contributed by atoms with Gasteiger partial charge < -0.3 is 5.11 Å². The van der Waals surface area contributed by atoms with E-state index in [0.717, 1.165) is 37.9 Å². The summed E-state index contributed by atoms with van der Waals surface area (Å²) in [5, 5.41) is 9.25. The minimum Gasteiger partial charge on any atom is -0.393 e. The Bertz CT molecular complexity index is 66.3. The number of hydrogen-bond acceptors (Lipinski definition) is 2. The first-order chi connectivity index (χ1) is 4.81. The van der Waals surface area contributed by atoms with E-state index >= 15 is 0 Å². The van der Waals surface area contributed by atoms with Crippen molar-refractivity contribution >= 4 is 12.6 Å². The summed E-state index contributed by atoms with van der Waals surface area (Å²) in [6.07, 6.45) is 5.17. The van der Waals surface area contributed by atoms with Crippen molar-refractivity contribution in [1.29, 1.82) is 0 Å². The molecular formula is C8H18OS. The largest absolute Gasteiger partial charge is 0.393 e. The van der Waals surface area contributed by atoms with Crippen molar-refractivity contribution in [3.63, 3.8) is 0 Å². The molecule has 1 unspecified atom stereocenters. The molecule has 0 aliphatic rings. The summed E-state index contributed by atoms with van der Waals surface area (Å²) >= 11 is 4.09. The lowest BCUT2D eigenvalue weighted by Crippen LogP contribution is -2.04. The molecule has 0 aromatic heterocycles. The lowest BCUT2D eigenvalue weighted by atomic mass is 10.1. The zero-order valence-corrected chi connectivity index (χ0v) is 7.61. The van der Waals surface area contributed by atoms with Crippen molar-refractivity contribution in [2.24, 2.45) is 0 Å². The monoisotopic (exact) mass is 162 g/mol. The number of thiol groups is 1. The molecular weight excluding hydrogens is 144 g/mol. The van der Waals surface area contributed by atoms with Crippen LogP contribution in [-0.4, -0.2) is 17.0 Å². The summed E-state index contributed by atoms with van der Waals surface area (Å²) in [6.45, 7) is 2.10. The van der Waals surface area contributed by atoms with Gasteiger partial charge in [0.2, 0.25) is 0 Å². The Kier molecular flexibility index (Phi) is 7.65. The predicted octanol–water partition coefficient (Wildman–Crippen LogP) is 2.25. The quantitative estimate of drug-likeness (QED) is 0.453. The van der Waals surface area contributed by atoms with Crippen LogP contribution in [0.1, 0.15) is 39.0 Å². The average Bonchev–Trinajstić information content (AvgIpc) is 1.89. The highest BCUT2D eigenvalue weighted by Crippen LogP contribution is 2.06. The van der Waals surface area contributed by atoms with Gasteiger partial charge in [-0.15, -0.1) is 0 Å². The normalized spacial score (nSPS) is 13.5. The van der Waals surface area contributed by atoms with E-state index in [-0.39, 0.29) is 6.10 Å². The Morgan fingerprint density at radius 3 is 2.50 bits per heavy atom. The van der Waals surface area contributed by atoms with Crippen LogP contribution in [0.4, 0.5) is 0 Å². The first kappa shape index (κ1) is 10.3. The van der Waals surface area contributed by atoms with Crippen LogP contribution < -0.4 is 0 Å². The topological polar surface area (TPSA) is 20.2 Å². The molecule has 0 heterocycles. The van der Waals surface area contributed by atoms with Crippen molar-refractivity contribution < 1.29 is 5.11 Å². The third kappa shape index (κ3) is 6.43. The van der Waals surface area contributed by atoms with Gasteiger partial charge >= 0.3 is 0 Å². The first-order valence-corrected chi connectivity index (χ1v) is 4.73. The standard InChI is InChI=1S/C8H18OS/c1-2-5-8(9)6-3-4-7-10/h8-10H,2-7H2,1H3. The van der Waals surface area contributed by atoms with Crippen LogP contribution in [0.2, 0.25) is 0 Å². The SMILES string of the molecule is CCCC(O)CCCCS. The van der Waals surface area contributed by atoms with Crippen LogP contribution in [-0.2, 0) is 0 Å². The van der Waals surface area contributed by atoms with Gasteiger partial charge in [0.1, 0.15) is 0 Å². The minimum absolute atomic E-state index is 0.0649. The van der Waals surface area contributed by atoms with Crippen molar-refractivity contribution in [3.8, 4) is 0 Å². The number of rotatable bonds is 6. The smallest absolute Gasteiger partial charge is 0.0540 e. The van der Waals surface area contributed by atoms with Crippen molar-refractivity contribution in [3.05, 3.63) is 0 Å². The number of hydrogen-bond donors (Lipinski definition) is 2. The highest BCUT2D eigenvalue weighted by molar-refractivity contribution is 7.80. The third-order valence-electron chi connectivity index (χ3n) is 1.57. The molecule has 2 heteroatoms. The summed E-state index contributed by atoms with van der Waals surface area (Å²) in [4.78, 5) is 0. The van der Waals surface area contributed by atoms with Gasteiger partial charge in [0.05, 0.1) is 6.10 Å². The predicted molar refractivity (Wildman–Crippen MR) is 48.6 cm³/mol. The second kappa shape index (κ2) is 7.42. The number of unbranched alkanes of at least 4 members (excludes halogenated alkanes) is 1. The fourth-order valence-corrected chi connectivity index (χ4v) is 1.19. The van der Waals surface area contributed by atoms with Crippen LogP contribution >= 0.6 is 12.6 Å². The van der Waals surface area contributed by atoms with Gasteiger partial charge in [0.25, 0.3) is 0 Å². The fraction of sp³-hybridized carbons (Fsp3) is 1.00. The molecule has 0 radical (unpaired) electrons. The molecule has 1 atom stereocenters. The zero-order chi connectivity index (χ0) is 7.82. The maximum Gasteiger partial charge on any atom is 0.0540 e. The van der Waals surface area contributed by atoms with E-state index in [1.807, 2.05) is 0 Å². The third-order valence-corrected chi connectivity index (χ3v) is 1.88. The Balaban J connectivity index is 2.97. The van der Waals surface area contributed by atoms with Gasteiger partial charge in [-0.05, 0) is 25.0 Å². The minimum atomic E-state index is -0.0649. The van der Waals surface area contributed by atoms with E-state index in [0.29, 0.717) is 0 Å². The van der Waals surface area contributed by atoms with E-state index < -0.39 is 0 Å². The number of aliphatic hydroxyl groups excluding tert-OH is 1. The average molecular weight is 162 g/mol. The van der Waals surface area contributed by atoms with E-state index in [4.69, 9.17) is 0 Å². The summed E-state index contributed by atoms with van der Waals surface area (Å²) in [6, 6.07) is 0. The summed E-state index contributed by atoms with van der Waals surface area (Å²) in [5.74, 6) is 0.943. The van der Waals surface area contributed by atoms with Gasteiger partial charge in [-0.25, -0.2) is 0 Å². The van der Waals surface area contributed by atoms with Crippen LogP contribution in [0.5, 0.6) is 0 Å². The van der Waals surface area contributed by atoms with Crippen LogP contribution in [0, 0.1) is 0 Å². The highest BCUT2D eigenvalue weighted by atomic mass is 32.1. The molecule has 62 valence electrons. The number of aliphatic hydroxyl groups is 1. The molecule has 0 rings (SSSR count). The van der Waals surface area contributed by atoms with Crippen LogP contribution in [0.25, 0.3) is 0 Å². The molecule has 0 aliphatic heterocycles. The maximum atomic E-state index is 9.25. The van der Waals surface area contributed by atoms with Crippen molar-refractivity contribution in [1.82, 2.24) is 0 Å². The molecule has 0 fully saturated rings. The molecule has 0 aromatic rings. The zero-order valence-electron chi connectivity index (χ0n) is 6.71. The summed E-state index contributed by atoms with van der Waals surface area (Å²) in [7, 11) is 0. The van der Waals surface area contributed by atoms with Gasteiger partial charge in [-0.1, -0.05) is 19.8 Å². The molecule has 1 nitrogen and oxygen atoms in total. The van der Waals surface area contributed by atoms with E-state index in [2.05, 4.69) is 19.6 Å². The molecule has 0 aliphatic carbocycles.